The van der Waals surface area contributed by atoms with Crippen molar-refractivity contribution in [1.29, 1.82) is 0 Å². The Bertz CT molecular complexity index is 461. The van der Waals surface area contributed by atoms with E-state index >= 15 is 0 Å². The van der Waals surface area contributed by atoms with Crippen molar-refractivity contribution in [2.75, 3.05) is 45.2 Å². The molecule has 1 N–H and O–H groups in total. The zero-order valence-corrected chi connectivity index (χ0v) is 13.1. The van der Waals surface area contributed by atoms with E-state index in [9.17, 15) is 18.0 Å². The third-order valence-corrected chi connectivity index (χ3v) is 5.04. The second-order valence-electron chi connectivity index (χ2n) is 5.21. The lowest BCUT2D eigenvalue weighted by Gasteiger charge is -2.26. The zero-order chi connectivity index (χ0) is 15.3. The maximum atomic E-state index is 12.1. The minimum absolute atomic E-state index is 0.0441. The molecule has 0 spiro atoms. The van der Waals surface area contributed by atoms with Crippen LogP contribution in [-0.4, -0.2) is 81.3 Å². The number of carbonyl (C=O) groups is 2. The van der Waals surface area contributed by atoms with Gasteiger partial charge in [0.15, 0.2) is 9.84 Å². The van der Waals surface area contributed by atoms with Crippen LogP contribution in [0.2, 0.25) is 0 Å². The molecule has 1 atom stereocenters. The lowest BCUT2D eigenvalue weighted by atomic mass is 10.2. The number of hydrogen-bond donors (Lipinski definition) is 1. The third-order valence-electron chi connectivity index (χ3n) is 3.29. The van der Waals surface area contributed by atoms with Crippen molar-refractivity contribution in [2.45, 2.75) is 19.4 Å². The number of hydrogen-bond acceptors (Lipinski definition) is 5. The van der Waals surface area contributed by atoms with Crippen LogP contribution in [0, 0.1) is 0 Å². The lowest BCUT2D eigenvalue weighted by Crippen LogP contribution is -2.49. The molecule has 0 saturated carbocycles. The maximum absolute atomic E-state index is 12.1. The van der Waals surface area contributed by atoms with Gasteiger partial charge in [-0.2, -0.15) is 0 Å². The molecule has 7 nitrogen and oxygen atoms in total. The monoisotopic (exact) mass is 305 g/mol. The highest BCUT2D eigenvalue weighted by atomic mass is 32.2. The van der Waals surface area contributed by atoms with Crippen LogP contribution in [0.25, 0.3) is 0 Å². The predicted molar refractivity (Wildman–Crippen MR) is 76.0 cm³/mol. The summed E-state index contributed by atoms with van der Waals surface area (Å²) >= 11 is 0. The van der Waals surface area contributed by atoms with Gasteiger partial charge in [-0.05, 0) is 27.4 Å². The van der Waals surface area contributed by atoms with Crippen LogP contribution in [0.15, 0.2) is 0 Å². The average Bonchev–Trinajstić information content (AvgIpc) is 2.69. The Balaban J connectivity index is 2.56. The Morgan fingerprint density at radius 1 is 1.30 bits per heavy atom. The Hall–Kier alpha value is -1.15. The molecule has 1 heterocycles. The fourth-order valence-electron chi connectivity index (χ4n) is 2.19. The Labute approximate surface area is 120 Å². The Morgan fingerprint density at radius 3 is 2.40 bits per heavy atom. The molecule has 20 heavy (non-hydrogen) atoms. The van der Waals surface area contributed by atoms with Crippen LogP contribution in [0.5, 0.6) is 0 Å². The van der Waals surface area contributed by atoms with Gasteiger partial charge >= 0.3 is 11.8 Å². The summed E-state index contributed by atoms with van der Waals surface area (Å²) in [5.74, 6) is -1.27. The van der Waals surface area contributed by atoms with Gasteiger partial charge in [0.1, 0.15) is 0 Å². The molecule has 8 heteroatoms. The van der Waals surface area contributed by atoms with E-state index in [1.807, 2.05) is 19.0 Å². The summed E-state index contributed by atoms with van der Waals surface area (Å²) in [5, 5.41) is 2.55. The first-order valence-electron chi connectivity index (χ1n) is 6.70. The summed E-state index contributed by atoms with van der Waals surface area (Å²) in [4.78, 5) is 27.1. The number of nitrogens with one attached hydrogen (secondary N) is 1. The molecule has 0 aromatic carbocycles. The van der Waals surface area contributed by atoms with Gasteiger partial charge in [-0.3, -0.25) is 9.59 Å². The van der Waals surface area contributed by atoms with Crippen molar-refractivity contribution in [2.24, 2.45) is 0 Å². The largest absolute Gasteiger partial charge is 0.347 e. The van der Waals surface area contributed by atoms with E-state index in [-0.39, 0.29) is 17.5 Å². The number of sulfone groups is 1. The van der Waals surface area contributed by atoms with Crippen LogP contribution in [0.3, 0.4) is 0 Å². The summed E-state index contributed by atoms with van der Waals surface area (Å²) in [6.45, 7) is 3.11. The van der Waals surface area contributed by atoms with Crippen molar-refractivity contribution in [3.8, 4) is 0 Å². The summed E-state index contributed by atoms with van der Waals surface area (Å²) in [6.07, 6.45) is 0.410. The Morgan fingerprint density at radius 2 is 1.95 bits per heavy atom. The molecule has 0 aromatic rings. The molecule has 1 aliphatic rings. The first kappa shape index (κ1) is 16.9. The van der Waals surface area contributed by atoms with Gasteiger partial charge in [0, 0.05) is 25.7 Å². The molecule has 116 valence electrons. The van der Waals surface area contributed by atoms with Gasteiger partial charge in [0.2, 0.25) is 0 Å². The van der Waals surface area contributed by atoms with Crippen molar-refractivity contribution in [1.82, 2.24) is 15.1 Å². The fraction of sp³-hybridized carbons (Fsp3) is 0.833. The number of rotatable bonds is 5. The highest BCUT2D eigenvalue weighted by molar-refractivity contribution is 7.91. The molecular formula is C12H23N3O4S. The first-order valence-corrected chi connectivity index (χ1v) is 8.53. The normalized spacial score (nSPS) is 20.9. The molecule has 0 radical (unpaired) electrons. The van der Waals surface area contributed by atoms with E-state index in [1.165, 1.54) is 4.90 Å². The molecule has 1 aliphatic heterocycles. The van der Waals surface area contributed by atoms with E-state index < -0.39 is 21.7 Å². The lowest BCUT2D eigenvalue weighted by molar-refractivity contribution is -0.147. The van der Waals surface area contributed by atoms with E-state index in [4.69, 9.17) is 0 Å². The van der Waals surface area contributed by atoms with E-state index in [2.05, 4.69) is 5.32 Å². The third kappa shape index (κ3) is 4.75. The molecule has 2 amide bonds. The maximum Gasteiger partial charge on any atom is 0.312 e. The van der Waals surface area contributed by atoms with Gasteiger partial charge in [0.25, 0.3) is 0 Å². The van der Waals surface area contributed by atoms with E-state index in [1.54, 1.807) is 6.92 Å². The second kappa shape index (κ2) is 7.03. The van der Waals surface area contributed by atoms with Crippen molar-refractivity contribution in [3.63, 3.8) is 0 Å². The summed E-state index contributed by atoms with van der Waals surface area (Å²) in [6, 6.07) is -0.378. The highest BCUT2D eigenvalue weighted by Gasteiger charge is 2.35. The number of carbonyl (C=O) groups excluding carboxylic acids is 2. The molecule has 0 bridgehead atoms. The molecular weight excluding hydrogens is 282 g/mol. The van der Waals surface area contributed by atoms with Gasteiger partial charge in [0.05, 0.1) is 11.5 Å². The number of nitrogens with zero attached hydrogens (tertiary/aromatic N) is 2. The summed E-state index contributed by atoms with van der Waals surface area (Å²) < 4.78 is 22.9. The van der Waals surface area contributed by atoms with Crippen molar-refractivity contribution in [3.05, 3.63) is 0 Å². The molecule has 0 aliphatic carbocycles. The SMILES string of the molecule is CCN(C(=O)C(=O)NCCN(C)C)C1CCS(=O)(=O)C1. The minimum Gasteiger partial charge on any atom is -0.347 e. The topological polar surface area (TPSA) is 86.8 Å². The van der Waals surface area contributed by atoms with Crippen LogP contribution < -0.4 is 5.32 Å². The zero-order valence-electron chi connectivity index (χ0n) is 12.3. The van der Waals surface area contributed by atoms with E-state index in [0.29, 0.717) is 26.1 Å². The van der Waals surface area contributed by atoms with Gasteiger partial charge in [-0.1, -0.05) is 0 Å². The van der Waals surface area contributed by atoms with Gasteiger partial charge in [-0.25, -0.2) is 8.42 Å². The molecule has 1 saturated heterocycles. The van der Waals surface area contributed by atoms with Crippen LogP contribution in [0.1, 0.15) is 13.3 Å². The second-order valence-corrected chi connectivity index (χ2v) is 7.44. The van der Waals surface area contributed by atoms with Crippen LogP contribution in [-0.2, 0) is 19.4 Å². The minimum atomic E-state index is -3.07. The molecule has 0 aromatic heterocycles. The summed E-state index contributed by atoms with van der Waals surface area (Å²) in [7, 11) is 0.671. The van der Waals surface area contributed by atoms with E-state index in [0.717, 1.165) is 0 Å². The average molecular weight is 305 g/mol. The molecule has 1 fully saturated rings. The smallest absolute Gasteiger partial charge is 0.312 e. The Kier molecular flexibility index (Phi) is 5.94. The van der Waals surface area contributed by atoms with Gasteiger partial charge < -0.3 is 15.1 Å². The number of likely N-dealkylation sites (N-methyl/N-ethyl adjacent to an activating group) is 2. The number of amides is 2. The van der Waals surface area contributed by atoms with Crippen LogP contribution >= 0.6 is 0 Å². The first-order chi connectivity index (χ1) is 9.26. The predicted octanol–water partition coefficient (Wildman–Crippen LogP) is -1.30. The molecule has 1 unspecified atom stereocenters. The standard InChI is InChI=1S/C12H23N3O4S/c1-4-15(10-5-8-20(18,19)9-10)12(17)11(16)13-6-7-14(2)3/h10H,4-9H2,1-3H3,(H,13,16). The highest BCUT2D eigenvalue weighted by Crippen LogP contribution is 2.17. The fourth-order valence-corrected chi connectivity index (χ4v) is 3.92. The molecule has 1 rings (SSSR count). The van der Waals surface area contributed by atoms with Crippen LogP contribution in [0.4, 0.5) is 0 Å². The van der Waals surface area contributed by atoms with Crippen molar-refractivity contribution >= 4 is 21.7 Å². The van der Waals surface area contributed by atoms with Crippen molar-refractivity contribution < 1.29 is 18.0 Å². The quantitative estimate of drug-likeness (QED) is 0.638. The summed E-state index contributed by atoms with van der Waals surface area (Å²) in [5.41, 5.74) is 0. The van der Waals surface area contributed by atoms with Gasteiger partial charge in [-0.15, -0.1) is 0 Å².